The van der Waals surface area contributed by atoms with Crippen molar-refractivity contribution in [1.82, 2.24) is 0 Å². The second-order valence-corrected chi connectivity index (χ2v) is 4.06. The second-order valence-electron chi connectivity index (χ2n) is 4.06. The minimum atomic E-state index is -1.42. The Kier molecular flexibility index (Phi) is 3.84. The fraction of sp³-hybridized carbons (Fsp3) is 0.0714. The average Bonchev–Trinajstić information content (AvgIpc) is 2.40. The molecule has 0 bridgehead atoms. The van der Waals surface area contributed by atoms with E-state index in [2.05, 4.69) is 0 Å². The standard InChI is InChI=1S/C14H11F2NO3/c15-10-4-2-1-3-8(10)7-20-13-6-11(16)9(14(18)19)5-12(13)17/h1-6H,7,17H2,(H,18,19). The van der Waals surface area contributed by atoms with Gasteiger partial charge in [-0.05, 0) is 12.1 Å². The summed E-state index contributed by atoms with van der Waals surface area (Å²) in [6.45, 7) is -0.136. The topological polar surface area (TPSA) is 72.6 Å². The van der Waals surface area contributed by atoms with Crippen LogP contribution in [0.25, 0.3) is 0 Å². The first-order valence-electron chi connectivity index (χ1n) is 5.67. The SMILES string of the molecule is Nc1cc(C(=O)O)c(F)cc1OCc1ccccc1F. The van der Waals surface area contributed by atoms with E-state index >= 15 is 0 Å². The van der Waals surface area contributed by atoms with Crippen molar-refractivity contribution in [3.63, 3.8) is 0 Å². The fourth-order valence-electron chi connectivity index (χ4n) is 1.63. The summed E-state index contributed by atoms with van der Waals surface area (Å²) in [7, 11) is 0. The van der Waals surface area contributed by atoms with Crippen LogP contribution in [0.1, 0.15) is 15.9 Å². The summed E-state index contributed by atoms with van der Waals surface area (Å²) >= 11 is 0. The van der Waals surface area contributed by atoms with Crippen molar-refractivity contribution in [1.29, 1.82) is 0 Å². The summed E-state index contributed by atoms with van der Waals surface area (Å²) < 4.78 is 32.1. The highest BCUT2D eigenvalue weighted by Crippen LogP contribution is 2.26. The third-order valence-corrected chi connectivity index (χ3v) is 2.67. The van der Waals surface area contributed by atoms with Crippen LogP contribution in [0.15, 0.2) is 36.4 Å². The van der Waals surface area contributed by atoms with Gasteiger partial charge in [-0.2, -0.15) is 0 Å². The van der Waals surface area contributed by atoms with Crippen molar-refractivity contribution in [3.05, 3.63) is 59.2 Å². The number of aromatic carboxylic acids is 1. The summed E-state index contributed by atoms with van der Waals surface area (Å²) in [5, 5.41) is 8.74. The van der Waals surface area contributed by atoms with Crippen LogP contribution in [0.5, 0.6) is 5.75 Å². The average molecular weight is 279 g/mol. The molecule has 0 aliphatic rings. The number of nitrogens with two attached hydrogens (primary N) is 1. The fourth-order valence-corrected chi connectivity index (χ4v) is 1.63. The monoisotopic (exact) mass is 279 g/mol. The highest BCUT2D eigenvalue weighted by molar-refractivity contribution is 5.89. The lowest BCUT2D eigenvalue weighted by Gasteiger charge is -2.10. The zero-order valence-corrected chi connectivity index (χ0v) is 10.3. The molecule has 0 saturated carbocycles. The molecule has 0 fully saturated rings. The predicted molar refractivity (Wildman–Crippen MR) is 68.5 cm³/mol. The van der Waals surface area contributed by atoms with Crippen molar-refractivity contribution in [3.8, 4) is 5.75 Å². The third kappa shape index (κ3) is 2.85. The first-order valence-corrected chi connectivity index (χ1v) is 5.67. The number of halogens is 2. The smallest absolute Gasteiger partial charge is 0.338 e. The predicted octanol–water partition coefficient (Wildman–Crippen LogP) is 2.82. The first kappa shape index (κ1) is 13.8. The Labute approximate surface area is 113 Å². The molecule has 0 atom stereocenters. The Bertz CT molecular complexity index is 659. The van der Waals surface area contributed by atoms with Crippen LogP contribution in [0.3, 0.4) is 0 Å². The van der Waals surface area contributed by atoms with Crippen LogP contribution >= 0.6 is 0 Å². The normalized spacial score (nSPS) is 10.3. The van der Waals surface area contributed by atoms with Gasteiger partial charge in [-0.15, -0.1) is 0 Å². The number of nitrogen functional groups attached to an aromatic ring is 1. The number of hydrogen-bond donors (Lipinski definition) is 2. The molecule has 0 saturated heterocycles. The number of benzene rings is 2. The van der Waals surface area contributed by atoms with Crippen molar-refractivity contribution in [2.45, 2.75) is 6.61 Å². The van der Waals surface area contributed by atoms with Crippen LogP contribution in [-0.2, 0) is 6.61 Å². The molecule has 0 amide bonds. The lowest BCUT2D eigenvalue weighted by atomic mass is 10.1. The summed E-state index contributed by atoms with van der Waals surface area (Å²) in [6, 6.07) is 7.81. The highest BCUT2D eigenvalue weighted by Gasteiger charge is 2.14. The van der Waals surface area contributed by atoms with E-state index in [0.717, 1.165) is 12.1 Å². The Morgan fingerprint density at radius 1 is 1.20 bits per heavy atom. The van der Waals surface area contributed by atoms with E-state index in [1.54, 1.807) is 6.07 Å². The second kappa shape index (κ2) is 5.56. The molecule has 20 heavy (non-hydrogen) atoms. The zero-order valence-electron chi connectivity index (χ0n) is 10.3. The van der Waals surface area contributed by atoms with Crippen LogP contribution in [0, 0.1) is 11.6 Å². The quantitative estimate of drug-likeness (QED) is 0.844. The zero-order chi connectivity index (χ0) is 14.7. The lowest BCUT2D eigenvalue weighted by Crippen LogP contribution is -2.05. The first-order chi connectivity index (χ1) is 9.49. The van der Waals surface area contributed by atoms with Crippen LogP contribution in [-0.4, -0.2) is 11.1 Å². The number of carboxylic acid groups (broad SMARTS) is 1. The Hall–Kier alpha value is -2.63. The van der Waals surface area contributed by atoms with Crippen LogP contribution < -0.4 is 10.5 Å². The van der Waals surface area contributed by atoms with Crippen molar-refractivity contribution < 1.29 is 23.4 Å². The summed E-state index contributed by atoms with van der Waals surface area (Å²) in [6.07, 6.45) is 0. The molecular weight excluding hydrogens is 268 g/mol. The van der Waals surface area contributed by atoms with Gasteiger partial charge in [0.2, 0.25) is 0 Å². The highest BCUT2D eigenvalue weighted by atomic mass is 19.1. The van der Waals surface area contributed by atoms with E-state index < -0.39 is 23.2 Å². The molecule has 2 aromatic carbocycles. The molecule has 0 aliphatic heterocycles. The molecule has 0 spiro atoms. The maximum Gasteiger partial charge on any atom is 0.338 e. The molecule has 0 aliphatic carbocycles. The van der Waals surface area contributed by atoms with Gasteiger partial charge in [0.05, 0.1) is 11.3 Å². The summed E-state index contributed by atoms with van der Waals surface area (Å²) in [5.41, 5.74) is 5.30. The Morgan fingerprint density at radius 3 is 2.55 bits per heavy atom. The van der Waals surface area contributed by atoms with Crippen molar-refractivity contribution in [2.24, 2.45) is 0 Å². The van der Waals surface area contributed by atoms with E-state index in [-0.39, 0.29) is 23.6 Å². The number of ether oxygens (including phenoxy) is 1. The largest absolute Gasteiger partial charge is 0.487 e. The van der Waals surface area contributed by atoms with Gasteiger partial charge in [-0.3, -0.25) is 0 Å². The minimum Gasteiger partial charge on any atom is -0.487 e. The molecule has 4 nitrogen and oxygen atoms in total. The Balaban J connectivity index is 2.21. The Morgan fingerprint density at radius 2 is 1.90 bits per heavy atom. The maximum atomic E-state index is 13.5. The number of carbonyl (C=O) groups is 1. The van der Waals surface area contributed by atoms with Crippen LogP contribution in [0.4, 0.5) is 14.5 Å². The molecule has 0 unspecified atom stereocenters. The van der Waals surface area contributed by atoms with Gasteiger partial charge >= 0.3 is 5.97 Å². The number of hydrogen-bond acceptors (Lipinski definition) is 3. The number of carboxylic acids is 1. The van der Waals surface area contributed by atoms with Crippen molar-refractivity contribution >= 4 is 11.7 Å². The molecule has 2 aromatic rings. The minimum absolute atomic E-state index is 0.0276. The van der Waals surface area contributed by atoms with Gasteiger partial charge in [0.1, 0.15) is 24.0 Å². The van der Waals surface area contributed by atoms with E-state index in [9.17, 15) is 13.6 Å². The summed E-state index contributed by atoms with van der Waals surface area (Å²) in [4.78, 5) is 10.7. The molecular formula is C14H11F2NO3. The molecule has 104 valence electrons. The number of rotatable bonds is 4. The van der Waals surface area contributed by atoms with Gasteiger partial charge in [-0.25, -0.2) is 13.6 Å². The maximum absolute atomic E-state index is 13.5. The molecule has 0 heterocycles. The van der Waals surface area contributed by atoms with E-state index in [4.69, 9.17) is 15.6 Å². The van der Waals surface area contributed by atoms with Gasteiger partial charge in [0.25, 0.3) is 0 Å². The van der Waals surface area contributed by atoms with E-state index in [0.29, 0.717) is 0 Å². The van der Waals surface area contributed by atoms with Gasteiger partial charge in [-0.1, -0.05) is 18.2 Å². The summed E-state index contributed by atoms with van der Waals surface area (Å²) in [5.74, 6) is -2.87. The van der Waals surface area contributed by atoms with Crippen LogP contribution in [0.2, 0.25) is 0 Å². The molecule has 0 radical (unpaired) electrons. The molecule has 6 heteroatoms. The molecule has 3 N–H and O–H groups in total. The van der Waals surface area contributed by atoms with Gasteiger partial charge in [0.15, 0.2) is 0 Å². The third-order valence-electron chi connectivity index (χ3n) is 2.67. The van der Waals surface area contributed by atoms with E-state index in [1.807, 2.05) is 0 Å². The molecule has 0 aromatic heterocycles. The lowest BCUT2D eigenvalue weighted by molar-refractivity contribution is 0.0692. The number of anilines is 1. The van der Waals surface area contributed by atoms with E-state index in [1.165, 1.54) is 18.2 Å². The molecule has 2 rings (SSSR count). The van der Waals surface area contributed by atoms with Crippen molar-refractivity contribution in [2.75, 3.05) is 5.73 Å². The van der Waals surface area contributed by atoms with Gasteiger partial charge < -0.3 is 15.6 Å². The van der Waals surface area contributed by atoms with Gasteiger partial charge in [0, 0.05) is 11.6 Å².